The molecule has 0 aromatic carbocycles. The normalized spacial score (nSPS) is 28.9. The third-order valence-electron chi connectivity index (χ3n) is 5.82. The van der Waals surface area contributed by atoms with Crippen molar-refractivity contribution in [3.8, 4) is 0 Å². The van der Waals surface area contributed by atoms with Gasteiger partial charge in [0.15, 0.2) is 0 Å². The highest BCUT2D eigenvalue weighted by Gasteiger charge is 2.56. The number of hydrogen-bond acceptors (Lipinski definition) is 8. The second kappa shape index (κ2) is 12.1. The predicted molar refractivity (Wildman–Crippen MR) is 132 cm³/mol. The van der Waals surface area contributed by atoms with Crippen molar-refractivity contribution in [2.75, 3.05) is 26.2 Å². The molecule has 2 heterocycles. The zero-order valence-electron chi connectivity index (χ0n) is 22.7. The number of nitrogens with zero attached hydrogens (tertiary/aromatic N) is 2. The molecule has 12 heteroatoms. The molecule has 2 amide bonds. The average Bonchev–Trinajstić information content (AvgIpc) is 3.28. The molecular formula is C24H44N4O8. The quantitative estimate of drug-likeness (QED) is 0.370. The van der Waals surface area contributed by atoms with Crippen LogP contribution in [0.1, 0.15) is 55.4 Å². The molecule has 6 atom stereocenters. The number of aliphatic carboxylic acids is 2. The van der Waals surface area contributed by atoms with E-state index in [1.54, 1.807) is 9.80 Å². The lowest BCUT2D eigenvalue weighted by atomic mass is 10.2. The number of carboxylic acids is 2. The van der Waals surface area contributed by atoms with Gasteiger partial charge in [-0.15, -0.1) is 0 Å². The van der Waals surface area contributed by atoms with Crippen molar-refractivity contribution < 1.29 is 38.9 Å². The van der Waals surface area contributed by atoms with Crippen molar-refractivity contribution in [1.29, 1.82) is 0 Å². The van der Waals surface area contributed by atoms with Gasteiger partial charge in [0, 0.05) is 52.1 Å². The minimum Gasteiger partial charge on any atom is -0.481 e. The molecule has 0 aromatic rings. The summed E-state index contributed by atoms with van der Waals surface area (Å²) in [5.41, 5.74) is 10.8. The predicted octanol–water partition coefficient (Wildman–Crippen LogP) is 1.80. The molecule has 2 aliphatic heterocycles. The fraction of sp³-hybridized carbons (Fsp3) is 0.833. The third kappa shape index (κ3) is 11.0. The van der Waals surface area contributed by atoms with Crippen LogP contribution in [0.25, 0.3) is 0 Å². The Morgan fingerprint density at radius 1 is 0.639 bits per heavy atom. The van der Waals surface area contributed by atoms with Crippen molar-refractivity contribution in [2.24, 2.45) is 35.1 Å². The summed E-state index contributed by atoms with van der Waals surface area (Å²) in [4.78, 5) is 44.7. The summed E-state index contributed by atoms with van der Waals surface area (Å²) in [6.45, 7) is 16.6. The molecule has 0 radical (unpaired) electrons. The average molecular weight is 517 g/mol. The van der Waals surface area contributed by atoms with E-state index < -0.39 is 23.1 Å². The summed E-state index contributed by atoms with van der Waals surface area (Å²) >= 11 is 0. The van der Waals surface area contributed by atoms with E-state index in [-0.39, 0.29) is 12.2 Å². The van der Waals surface area contributed by atoms with Crippen molar-refractivity contribution in [3.05, 3.63) is 0 Å². The molecular weight excluding hydrogens is 472 g/mol. The third-order valence-corrected chi connectivity index (χ3v) is 5.82. The van der Waals surface area contributed by atoms with Gasteiger partial charge >= 0.3 is 12.2 Å². The van der Waals surface area contributed by atoms with E-state index in [1.165, 1.54) is 0 Å². The van der Waals surface area contributed by atoms with Gasteiger partial charge in [0.25, 0.3) is 11.9 Å². The first kappa shape index (κ1) is 31.4. The Labute approximate surface area is 213 Å². The first-order chi connectivity index (χ1) is 16.2. The highest BCUT2D eigenvalue weighted by Crippen LogP contribution is 2.44. The van der Waals surface area contributed by atoms with Crippen LogP contribution in [-0.2, 0) is 19.1 Å². The van der Waals surface area contributed by atoms with Gasteiger partial charge in [0.2, 0.25) is 0 Å². The van der Waals surface area contributed by atoms with Gasteiger partial charge in [-0.25, -0.2) is 9.59 Å². The van der Waals surface area contributed by atoms with Crippen LogP contribution in [0.5, 0.6) is 0 Å². The van der Waals surface area contributed by atoms with Crippen molar-refractivity contribution in [1.82, 2.24) is 9.80 Å². The van der Waals surface area contributed by atoms with Gasteiger partial charge in [0.1, 0.15) is 11.2 Å². The fourth-order valence-electron chi connectivity index (χ4n) is 4.10. The lowest BCUT2D eigenvalue weighted by Crippen LogP contribution is -2.38. The maximum atomic E-state index is 11.6. The number of nitrogens with two attached hydrogens (primary N) is 2. The van der Waals surface area contributed by atoms with E-state index in [0.717, 1.165) is 40.0 Å². The van der Waals surface area contributed by atoms with Gasteiger partial charge in [-0.2, -0.15) is 0 Å². The summed E-state index contributed by atoms with van der Waals surface area (Å²) in [5.74, 6) is 0.454. The van der Waals surface area contributed by atoms with Crippen molar-refractivity contribution >= 4 is 24.1 Å². The molecule has 2 saturated carbocycles. The maximum absolute atomic E-state index is 11.6. The second-order valence-corrected chi connectivity index (χ2v) is 11.6. The number of fused-ring (bicyclic) bond motifs is 2. The van der Waals surface area contributed by atoms with E-state index in [9.17, 15) is 9.59 Å². The minimum absolute atomic E-state index is 0.197. The van der Waals surface area contributed by atoms with Crippen molar-refractivity contribution in [2.45, 2.75) is 78.7 Å². The van der Waals surface area contributed by atoms with Crippen LogP contribution in [0.3, 0.4) is 0 Å². The van der Waals surface area contributed by atoms with Crippen LogP contribution in [-0.4, -0.2) is 93.6 Å². The highest BCUT2D eigenvalue weighted by atomic mass is 16.6. The SMILES string of the molecule is CC(=O)O.CC(=O)O.CC(C)(C)OC(=O)N1C[C@@H]2C(N)[C@@H]2C1.CC(C)(C)OC(=O)N1C[C@@H]2C(N)[C@@H]2C1. The van der Waals surface area contributed by atoms with E-state index in [0.29, 0.717) is 35.8 Å². The van der Waals surface area contributed by atoms with Crippen LogP contribution in [0.15, 0.2) is 0 Å². The number of ether oxygens (including phenoxy) is 2. The number of likely N-dealkylation sites (tertiary alicyclic amines) is 2. The Morgan fingerprint density at radius 3 is 1.00 bits per heavy atom. The molecule has 4 rings (SSSR count). The zero-order valence-corrected chi connectivity index (χ0v) is 22.7. The van der Waals surface area contributed by atoms with Crippen molar-refractivity contribution in [3.63, 3.8) is 0 Å². The zero-order chi connectivity index (χ0) is 28.2. The Kier molecular flexibility index (Phi) is 10.6. The first-order valence-electron chi connectivity index (χ1n) is 12.1. The summed E-state index contributed by atoms with van der Waals surface area (Å²) in [6, 6.07) is 0.655. The smallest absolute Gasteiger partial charge is 0.410 e. The Morgan fingerprint density at radius 2 is 0.833 bits per heavy atom. The first-order valence-corrected chi connectivity index (χ1v) is 12.1. The molecule has 6 N–H and O–H groups in total. The lowest BCUT2D eigenvalue weighted by Gasteiger charge is -2.25. The van der Waals surface area contributed by atoms with E-state index in [2.05, 4.69) is 0 Å². The molecule has 4 fully saturated rings. The fourth-order valence-corrected chi connectivity index (χ4v) is 4.10. The summed E-state index contributed by atoms with van der Waals surface area (Å²) in [5, 5.41) is 14.8. The van der Waals surface area contributed by atoms with Crippen LogP contribution in [0, 0.1) is 23.7 Å². The Hall–Kier alpha value is -2.60. The molecule has 0 spiro atoms. The maximum Gasteiger partial charge on any atom is 0.410 e. The number of carboxylic acid groups (broad SMARTS) is 2. The number of piperidine rings is 2. The molecule has 36 heavy (non-hydrogen) atoms. The van der Waals surface area contributed by atoms with Gasteiger partial charge in [0.05, 0.1) is 0 Å². The van der Waals surface area contributed by atoms with Crippen LogP contribution >= 0.6 is 0 Å². The van der Waals surface area contributed by atoms with Gasteiger partial charge in [-0.05, 0) is 65.2 Å². The number of amides is 2. The van der Waals surface area contributed by atoms with Gasteiger partial charge < -0.3 is 41.0 Å². The summed E-state index contributed by atoms with van der Waals surface area (Å²) in [6.07, 6.45) is -0.395. The van der Waals surface area contributed by atoms with E-state index in [4.69, 9.17) is 40.7 Å². The van der Waals surface area contributed by atoms with Crippen LogP contribution < -0.4 is 11.5 Å². The molecule has 12 nitrogen and oxygen atoms in total. The molecule has 0 aromatic heterocycles. The molecule has 2 saturated heterocycles. The second-order valence-electron chi connectivity index (χ2n) is 11.6. The van der Waals surface area contributed by atoms with Gasteiger partial charge in [-0.1, -0.05) is 0 Å². The number of hydrogen-bond donors (Lipinski definition) is 4. The van der Waals surface area contributed by atoms with E-state index in [1.807, 2.05) is 41.5 Å². The minimum atomic E-state index is -0.833. The molecule has 4 aliphatic rings. The number of rotatable bonds is 0. The van der Waals surface area contributed by atoms with Crippen LogP contribution in [0.4, 0.5) is 9.59 Å². The molecule has 2 aliphatic carbocycles. The topological polar surface area (TPSA) is 186 Å². The Balaban J connectivity index is 0.000000279. The molecule has 0 bridgehead atoms. The molecule has 2 unspecified atom stereocenters. The number of carbonyl (C=O) groups is 4. The molecule has 208 valence electrons. The Bertz CT molecular complexity index is 709. The largest absolute Gasteiger partial charge is 0.481 e. The highest BCUT2D eigenvalue weighted by molar-refractivity contribution is 5.69. The monoisotopic (exact) mass is 516 g/mol. The number of carbonyl (C=O) groups excluding carboxylic acids is 2. The lowest BCUT2D eigenvalue weighted by molar-refractivity contribution is -0.135. The standard InChI is InChI=1S/2C10H18N2O2.2C2H4O2/c2*1-10(2,3)14-9(13)12-4-6-7(5-12)8(6)11;2*1-2(3)4/h2*6-8H,4-5,11H2,1-3H3;2*1H3,(H,3,4)/t2*6-,7+,8?;;. The summed E-state index contributed by atoms with van der Waals surface area (Å²) in [7, 11) is 0. The van der Waals surface area contributed by atoms with Crippen LogP contribution in [0.2, 0.25) is 0 Å². The van der Waals surface area contributed by atoms with Gasteiger partial charge in [-0.3, -0.25) is 9.59 Å². The van der Waals surface area contributed by atoms with E-state index >= 15 is 0 Å². The summed E-state index contributed by atoms with van der Waals surface area (Å²) < 4.78 is 10.5.